The number of carbonyl (C=O) groups is 3. The van der Waals surface area contributed by atoms with Gasteiger partial charge in [0.1, 0.15) is 5.25 Å². The van der Waals surface area contributed by atoms with Crippen LogP contribution in [-0.4, -0.2) is 41.0 Å². The van der Waals surface area contributed by atoms with Crippen molar-refractivity contribution in [2.75, 3.05) is 13.1 Å². The zero-order chi connectivity index (χ0) is 22.1. The van der Waals surface area contributed by atoms with Crippen LogP contribution in [-0.2, 0) is 9.59 Å². The third-order valence-corrected chi connectivity index (χ3v) is 6.89. The Labute approximate surface area is 186 Å². The summed E-state index contributed by atoms with van der Waals surface area (Å²) in [6.07, 6.45) is 2.96. The van der Waals surface area contributed by atoms with Crippen LogP contribution in [0.4, 0.5) is 4.79 Å². The van der Waals surface area contributed by atoms with E-state index in [1.54, 1.807) is 29.2 Å². The summed E-state index contributed by atoms with van der Waals surface area (Å²) >= 11 is 7.18. The average Bonchev–Trinajstić information content (AvgIpc) is 3.05. The molecule has 162 valence electrons. The lowest BCUT2D eigenvalue weighted by atomic mass is 9.78. The summed E-state index contributed by atoms with van der Waals surface area (Å²) < 4.78 is 0. The Balaban J connectivity index is 1.89. The van der Waals surface area contributed by atoms with Crippen molar-refractivity contribution >= 4 is 41.1 Å². The van der Waals surface area contributed by atoms with Crippen LogP contribution in [0, 0.1) is 5.41 Å². The first-order valence-corrected chi connectivity index (χ1v) is 11.4. The Hall–Kier alpha value is -1.99. The van der Waals surface area contributed by atoms with Gasteiger partial charge >= 0.3 is 6.03 Å². The van der Waals surface area contributed by atoms with Gasteiger partial charge in [-0.25, -0.2) is 4.79 Å². The van der Waals surface area contributed by atoms with Gasteiger partial charge in [-0.15, -0.1) is 0 Å². The molecule has 3 N–H and O–H groups in total. The molecule has 2 aliphatic heterocycles. The van der Waals surface area contributed by atoms with Crippen LogP contribution in [0.15, 0.2) is 34.9 Å². The number of ketones is 1. The number of nitrogens with zero attached hydrogens (tertiary/aromatic N) is 1. The minimum absolute atomic E-state index is 0.106. The van der Waals surface area contributed by atoms with Crippen molar-refractivity contribution in [2.24, 2.45) is 11.1 Å². The van der Waals surface area contributed by atoms with E-state index in [1.807, 2.05) is 20.8 Å². The minimum Gasteiger partial charge on any atom is -0.393 e. The molecule has 30 heavy (non-hydrogen) atoms. The van der Waals surface area contributed by atoms with E-state index < -0.39 is 22.5 Å². The number of urea groups is 1. The number of likely N-dealkylation sites (tertiary alicyclic amines) is 1. The van der Waals surface area contributed by atoms with Gasteiger partial charge in [-0.1, -0.05) is 56.3 Å². The lowest BCUT2D eigenvalue weighted by Crippen LogP contribution is -2.48. The Morgan fingerprint density at radius 1 is 1.10 bits per heavy atom. The number of imide groups is 1. The fraction of sp³-hybridized carbons (Fsp3) is 0.500. The van der Waals surface area contributed by atoms with Gasteiger partial charge in [0.25, 0.3) is 0 Å². The first-order valence-electron chi connectivity index (χ1n) is 10.2. The number of hydrogen-bond acceptors (Lipinski definition) is 5. The van der Waals surface area contributed by atoms with Crippen molar-refractivity contribution in [3.63, 3.8) is 0 Å². The van der Waals surface area contributed by atoms with Gasteiger partial charge in [-0.3, -0.25) is 14.9 Å². The Bertz CT molecular complexity index is 871. The number of halogens is 1. The Kier molecular flexibility index (Phi) is 6.82. The second-order valence-corrected chi connectivity index (χ2v) is 10.4. The maximum absolute atomic E-state index is 13.2. The fourth-order valence-electron chi connectivity index (χ4n) is 3.80. The van der Waals surface area contributed by atoms with E-state index in [0.717, 1.165) is 36.6 Å². The van der Waals surface area contributed by atoms with E-state index in [1.165, 1.54) is 0 Å². The molecule has 0 spiro atoms. The molecule has 2 heterocycles. The molecule has 3 amide bonds. The molecule has 0 aromatic heterocycles. The van der Waals surface area contributed by atoms with Crippen LogP contribution >= 0.6 is 23.4 Å². The molecule has 0 bridgehead atoms. The van der Waals surface area contributed by atoms with E-state index in [-0.39, 0.29) is 11.8 Å². The molecule has 8 heteroatoms. The summed E-state index contributed by atoms with van der Waals surface area (Å²) in [5.74, 6) is -1.09. The fourth-order valence-corrected chi connectivity index (χ4v) is 5.14. The highest BCUT2D eigenvalue weighted by atomic mass is 35.5. The van der Waals surface area contributed by atoms with E-state index in [2.05, 4.69) is 5.32 Å². The smallest absolute Gasteiger partial charge is 0.324 e. The van der Waals surface area contributed by atoms with Crippen molar-refractivity contribution in [1.29, 1.82) is 0 Å². The summed E-state index contributed by atoms with van der Waals surface area (Å²) in [4.78, 5) is 40.5. The van der Waals surface area contributed by atoms with E-state index in [4.69, 9.17) is 17.3 Å². The highest BCUT2D eigenvalue weighted by Crippen LogP contribution is 2.48. The lowest BCUT2D eigenvalue weighted by Gasteiger charge is -2.28. The van der Waals surface area contributed by atoms with Gasteiger partial charge in [-0.2, -0.15) is 0 Å². The lowest BCUT2D eigenvalue weighted by molar-refractivity contribution is -0.122. The highest BCUT2D eigenvalue weighted by molar-refractivity contribution is 8.04. The number of benzene rings is 1. The zero-order valence-electron chi connectivity index (χ0n) is 17.5. The number of Topliss-reactive ketones (excluding diaryl/α,β-unsaturated/α-hetero) is 1. The minimum atomic E-state index is -0.707. The van der Waals surface area contributed by atoms with Crippen LogP contribution in [0.2, 0.25) is 5.02 Å². The predicted octanol–water partition coefficient (Wildman–Crippen LogP) is 4.05. The number of allylic oxidation sites excluding steroid dienone is 1. The van der Waals surface area contributed by atoms with E-state index >= 15 is 0 Å². The summed E-state index contributed by atoms with van der Waals surface area (Å²) in [5, 5.41) is 2.72. The van der Waals surface area contributed by atoms with Crippen LogP contribution < -0.4 is 11.1 Å². The quantitative estimate of drug-likeness (QED) is 0.726. The van der Waals surface area contributed by atoms with Gasteiger partial charge in [0, 0.05) is 35.0 Å². The summed E-state index contributed by atoms with van der Waals surface area (Å²) in [6, 6.07) is 6.67. The number of hydrogen-bond donors (Lipinski definition) is 2. The molecule has 1 aromatic carbocycles. The molecule has 0 unspecified atom stereocenters. The number of amides is 3. The SMILES string of the molecule is CC(C)(C)C(=O)C1=C(N)S[C@H](C(=O)NC(=O)N2CCCCC2)[C@H]1c1ccc(Cl)cc1. The third kappa shape index (κ3) is 4.83. The molecule has 0 aliphatic carbocycles. The second kappa shape index (κ2) is 9.02. The molecular weight excluding hydrogens is 422 g/mol. The number of piperidine rings is 1. The number of nitrogens with one attached hydrogen (secondary N) is 1. The monoisotopic (exact) mass is 449 g/mol. The normalized spacial score (nSPS) is 22.2. The molecule has 0 radical (unpaired) electrons. The third-order valence-electron chi connectivity index (χ3n) is 5.42. The van der Waals surface area contributed by atoms with Gasteiger partial charge in [0.05, 0.1) is 5.03 Å². The molecule has 2 aliphatic rings. The topological polar surface area (TPSA) is 92.5 Å². The molecular formula is C22H28ClN3O3S. The van der Waals surface area contributed by atoms with Crippen LogP contribution in [0.1, 0.15) is 51.5 Å². The first kappa shape index (κ1) is 22.7. The van der Waals surface area contributed by atoms with Crippen molar-refractivity contribution in [1.82, 2.24) is 10.2 Å². The highest BCUT2D eigenvalue weighted by Gasteiger charge is 2.45. The van der Waals surface area contributed by atoms with Crippen molar-refractivity contribution in [3.8, 4) is 0 Å². The predicted molar refractivity (Wildman–Crippen MR) is 120 cm³/mol. The molecule has 3 rings (SSSR count). The van der Waals surface area contributed by atoms with Gasteiger partial charge in [-0.05, 0) is 37.0 Å². The van der Waals surface area contributed by atoms with Crippen molar-refractivity contribution in [3.05, 3.63) is 45.5 Å². The van der Waals surface area contributed by atoms with Crippen molar-refractivity contribution in [2.45, 2.75) is 51.2 Å². The molecule has 0 saturated carbocycles. The van der Waals surface area contributed by atoms with Crippen LogP contribution in [0.25, 0.3) is 0 Å². The second-order valence-electron chi connectivity index (χ2n) is 8.77. The molecule has 1 saturated heterocycles. The summed E-state index contributed by atoms with van der Waals surface area (Å²) in [6.45, 7) is 6.77. The largest absolute Gasteiger partial charge is 0.393 e. The summed E-state index contributed by atoms with van der Waals surface area (Å²) in [7, 11) is 0. The standard InChI is InChI=1S/C22H28ClN3O3S/c1-22(2,3)18(27)16-15(13-7-9-14(23)10-8-13)17(30-19(16)24)20(28)25-21(29)26-11-5-4-6-12-26/h7-10,15,17H,4-6,11-12,24H2,1-3H3,(H,25,28,29)/t15-,17-/m0/s1. The zero-order valence-corrected chi connectivity index (χ0v) is 19.1. The number of nitrogens with two attached hydrogens (primary N) is 1. The van der Waals surface area contributed by atoms with Gasteiger partial charge in [0.2, 0.25) is 5.91 Å². The number of rotatable bonds is 3. The van der Waals surface area contributed by atoms with Gasteiger partial charge < -0.3 is 10.6 Å². The average molecular weight is 450 g/mol. The molecule has 1 aromatic rings. The van der Waals surface area contributed by atoms with Crippen molar-refractivity contribution < 1.29 is 14.4 Å². The van der Waals surface area contributed by atoms with Crippen LogP contribution in [0.3, 0.4) is 0 Å². The maximum atomic E-state index is 13.2. The Morgan fingerprint density at radius 2 is 1.70 bits per heavy atom. The first-order chi connectivity index (χ1) is 14.1. The number of thioether (sulfide) groups is 1. The molecule has 1 fully saturated rings. The molecule has 2 atom stereocenters. The Morgan fingerprint density at radius 3 is 2.27 bits per heavy atom. The molecule has 6 nitrogen and oxygen atoms in total. The maximum Gasteiger partial charge on any atom is 0.324 e. The van der Waals surface area contributed by atoms with Gasteiger partial charge in [0.15, 0.2) is 5.78 Å². The summed E-state index contributed by atoms with van der Waals surface area (Å²) in [5.41, 5.74) is 6.80. The van der Waals surface area contributed by atoms with E-state index in [9.17, 15) is 14.4 Å². The van der Waals surface area contributed by atoms with E-state index in [0.29, 0.717) is 28.7 Å². The van der Waals surface area contributed by atoms with Crippen LogP contribution in [0.5, 0.6) is 0 Å². The number of carbonyl (C=O) groups excluding carboxylic acids is 3.